The molecule has 1 atom stereocenters. The van der Waals surface area contributed by atoms with Gasteiger partial charge in [0.05, 0.1) is 6.04 Å². The molecule has 0 amide bonds. The topological polar surface area (TPSA) is 38.0 Å². The zero-order chi connectivity index (χ0) is 12.1. The van der Waals surface area contributed by atoms with Crippen LogP contribution in [0.2, 0.25) is 0 Å². The van der Waals surface area contributed by atoms with Crippen LogP contribution in [0.4, 0.5) is 0 Å². The Morgan fingerprint density at radius 3 is 3.00 bits per heavy atom. The van der Waals surface area contributed by atoms with E-state index in [0.717, 1.165) is 19.3 Å². The Labute approximate surface area is 108 Å². The summed E-state index contributed by atoms with van der Waals surface area (Å²) >= 11 is 1.96. The number of thiophene rings is 1. The van der Waals surface area contributed by atoms with Crippen molar-refractivity contribution in [3.8, 4) is 0 Å². The quantitative estimate of drug-likeness (QED) is 0.351. The average Bonchev–Trinajstić information content (AvgIpc) is 2.78. The number of nitrogens with two attached hydrogens (primary N) is 1. The Morgan fingerprint density at radius 2 is 2.29 bits per heavy atom. The van der Waals surface area contributed by atoms with Crippen molar-refractivity contribution in [3.63, 3.8) is 0 Å². The van der Waals surface area contributed by atoms with E-state index < -0.39 is 0 Å². The molecule has 1 aliphatic carbocycles. The van der Waals surface area contributed by atoms with Crippen molar-refractivity contribution in [2.45, 2.75) is 51.0 Å². The Kier molecular flexibility index (Phi) is 4.77. The Balaban J connectivity index is 2.02. The molecule has 1 aromatic rings. The molecule has 2 nitrogen and oxygen atoms in total. The lowest BCUT2D eigenvalue weighted by Crippen LogP contribution is -2.27. The standard InChI is InChI=1S/C14H22N2S/c1-2-3-4-8-12(16-15)14-10-11-7-5-6-9-13(11)17-14/h2,10,12,16H,1,3-9,15H2. The summed E-state index contributed by atoms with van der Waals surface area (Å²) in [5.41, 5.74) is 4.53. The molecule has 0 radical (unpaired) electrons. The van der Waals surface area contributed by atoms with Crippen LogP contribution >= 0.6 is 11.3 Å². The van der Waals surface area contributed by atoms with Crippen LogP contribution in [0.1, 0.15) is 53.5 Å². The summed E-state index contributed by atoms with van der Waals surface area (Å²) in [6.45, 7) is 3.76. The van der Waals surface area contributed by atoms with Gasteiger partial charge in [0.25, 0.3) is 0 Å². The molecule has 0 aliphatic heterocycles. The van der Waals surface area contributed by atoms with Crippen LogP contribution in [0.25, 0.3) is 0 Å². The summed E-state index contributed by atoms with van der Waals surface area (Å²) in [6.07, 6.45) is 10.5. The van der Waals surface area contributed by atoms with Gasteiger partial charge in [0.2, 0.25) is 0 Å². The summed E-state index contributed by atoms with van der Waals surface area (Å²) in [5, 5.41) is 0. The molecule has 0 bridgehead atoms. The highest BCUT2D eigenvalue weighted by Gasteiger charge is 2.17. The van der Waals surface area contributed by atoms with Crippen LogP contribution in [-0.4, -0.2) is 0 Å². The minimum absolute atomic E-state index is 0.325. The first kappa shape index (κ1) is 12.8. The van der Waals surface area contributed by atoms with Crippen molar-refractivity contribution < 1.29 is 0 Å². The third kappa shape index (κ3) is 3.18. The lowest BCUT2D eigenvalue weighted by Gasteiger charge is -2.13. The van der Waals surface area contributed by atoms with Crippen LogP contribution in [0.15, 0.2) is 18.7 Å². The second-order valence-electron chi connectivity index (χ2n) is 4.74. The van der Waals surface area contributed by atoms with Crippen molar-refractivity contribution in [1.29, 1.82) is 0 Å². The molecular weight excluding hydrogens is 228 g/mol. The molecule has 94 valence electrons. The normalized spacial score (nSPS) is 16.5. The Hall–Kier alpha value is -0.640. The average molecular weight is 250 g/mol. The molecule has 0 saturated carbocycles. The highest BCUT2D eigenvalue weighted by Crippen LogP contribution is 2.34. The smallest absolute Gasteiger partial charge is 0.0553 e. The van der Waals surface area contributed by atoms with E-state index in [0.29, 0.717) is 6.04 Å². The number of hydrazine groups is 1. The minimum atomic E-state index is 0.325. The summed E-state index contributed by atoms with van der Waals surface area (Å²) in [4.78, 5) is 3.01. The SMILES string of the molecule is C=CCCCC(NN)c1cc2c(s1)CCCC2. The van der Waals surface area contributed by atoms with Gasteiger partial charge in [0.15, 0.2) is 0 Å². The van der Waals surface area contributed by atoms with Gasteiger partial charge >= 0.3 is 0 Å². The molecule has 17 heavy (non-hydrogen) atoms. The van der Waals surface area contributed by atoms with Crippen molar-refractivity contribution in [2.75, 3.05) is 0 Å². The third-order valence-corrected chi connectivity index (χ3v) is 4.81. The number of unbranched alkanes of at least 4 members (excludes halogenated alkanes) is 1. The van der Waals surface area contributed by atoms with Gasteiger partial charge < -0.3 is 0 Å². The van der Waals surface area contributed by atoms with E-state index in [9.17, 15) is 0 Å². The first-order valence-corrected chi connectivity index (χ1v) is 7.35. The molecular formula is C14H22N2S. The minimum Gasteiger partial charge on any atom is -0.271 e. The molecule has 3 heteroatoms. The number of fused-ring (bicyclic) bond motifs is 1. The molecule has 1 unspecified atom stereocenters. The molecule has 1 heterocycles. The van der Waals surface area contributed by atoms with Gasteiger partial charge in [0, 0.05) is 9.75 Å². The fourth-order valence-corrected chi connectivity index (χ4v) is 3.81. The summed E-state index contributed by atoms with van der Waals surface area (Å²) in [5.74, 6) is 5.68. The third-order valence-electron chi connectivity index (χ3n) is 3.46. The van der Waals surface area contributed by atoms with Crippen LogP contribution in [-0.2, 0) is 12.8 Å². The van der Waals surface area contributed by atoms with Crippen LogP contribution in [0.5, 0.6) is 0 Å². The van der Waals surface area contributed by atoms with Crippen LogP contribution in [0, 0.1) is 0 Å². The van der Waals surface area contributed by atoms with Crippen molar-refractivity contribution in [1.82, 2.24) is 5.43 Å². The lowest BCUT2D eigenvalue weighted by molar-refractivity contribution is 0.508. The zero-order valence-electron chi connectivity index (χ0n) is 10.4. The number of hydrogen-bond donors (Lipinski definition) is 2. The van der Waals surface area contributed by atoms with E-state index in [4.69, 9.17) is 5.84 Å². The summed E-state index contributed by atoms with van der Waals surface area (Å²) in [7, 11) is 0. The maximum absolute atomic E-state index is 5.68. The molecule has 3 N–H and O–H groups in total. The highest BCUT2D eigenvalue weighted by molar-refractivity contribution is 7.12. The van der Waals surface area contributed by atoms with E-state index in [1.807, 2.05) is 17.4 Å². The number of nitrogens with one attached hydrogen (secondary N) is 1. The molecule has 0 aromatic carbocycles. The summed E-state index contributed by atoms with van der Waals surface area (Å²) in [6, 6.07) is 2.70. The fourth-order valence-electron chi connectivity index (χ4n) is 2.46. The van der Waals surface area contributed by atoms with E-state index >= 15 is 0 Å². The predicted molar refractivity (Wildman–Crippen MR) is 75.1 cm³/mol. The summed E-state index contributed by atoms with van der Waals surface area (Å²) < 4.78 is 0. The Bertz CT molecular complexity index is 347. The van der Waals surface area contributed by atoms with Crippen molar-refractivity contribution in [2.24, 2.45) is 5.84 Å². The van der Waals surface area contributed by atoms with Gasteiger partial charge in [-0.05, 0) is 56.6 Å². The molecule has 1 aliphatic rings. The van der Waals surface area contributed by atoms with Gasteiger partial charge in [0.1, 0.15) is 0 Å². The van der Waals surface area contributed by atoms with Gasteiger partial charge in [-0.25, -0.2) is 0 Å². The maximum Gasteiger partial charge on any atom is 0.0553 e. The molecule has 2 rings (SSSR count). The number of aryl methyl sites for hydroxylation is 2. The van der Waals surface area contributed by atoms with E-state index in [1.165, 1.54) is 30.6 Å². The van der Waals surface area contributed by atoms with E-state index in [-0.39, 0.29) is 0 Å². The Morgan fingerprint density at radius 1 is 1.47 bits per heavy atom. The lowest BCUT2D eigenvalue weighted by atomic mass is 9.98. The van der Waals surface area contributed by atoms with Gasteiger partial charge in [-0.15, -0.1) is 17.9 Å². The van der Waals surface area contributed by atoms with Crippen molar-refractivity contribution in [3.05, 3.63) is 34.0 Å². The van der Waals surface area contributed by atoms with Crippen LogP contribution < -0.4 is 11.3 Å². The first-order valence-electron chi connectivity index (χ1n) is 6.53. The van der Waals surface area contributed by atoms with Gasteiger partial charge in [-0.2, -0.15) is 0 Å². The predicted octanol–water partition coefficient (Wildman–Crippen LogP) is 3.49. The van der Waals surface area contributed by atoms with Gasteiger partial charge in [-0.1, -0.05) is 6.08 Å². The zero-order valence-corrected chi connectivity index (χ0v) is 11.2. The van der Waals surface area contributed by atoms with Crippen LogP contribution in [0.3, 0.4) is 0 Å². The highest BCUT2D eigenvalue weighted by atomic mass is 32.1. The second-order valence-corrected chi connectivity index (χ2v) is 5.91. The molecule has 0 spiro atoms. The van der Waals surface area contributed by atoms with Gasteiger partial charge in [-0.3, -0.25) is 11.3 Å². The molecule has 0 saturated heterocycles. The second kappa shape index (κ2) is 6.34. The molecule has 0 fully saturated rings. The number of rotatable bonds is 6. The fraction of sp³-hybridized carbons (Fsp3) is 0.571. The maximum atomic E-state index is 5.68. The largest absolute Gasteiger partial charge is 0.271 e. The van der Waals surface area contributed by atoms with E-state index in [2.05, 4.69) is 18.1 Å². The molecule has 1 aromatic heterocycles. The first-order chi connectivity index (χ1) is 8.35. The van der Waals surface area contributed by atoms with E-state index in [1.54, 1.807) is 10.4 Å². The number of hydrogen-bond acceptors (Lipinski definition) is 3. The number of allylic oxidation sites excluding steroid dienone is 1. The monoisotopic (exact) mass is 250 g/mol. The van der Waals surface area contributed by atoms with Crippen molar-refractivity contribution >= 4 is 11.3 Å².